The second-order valence-corrected chi connectivity index (χ2v) is 3.44. The van der Waals surface area contributed by atoms with Gasteiger partial charge in [0.1, 0.15) is 0 Å². The topological polar surface area (TPSA) is 43.1 Å². The monoisotopic (exact) mass is 251 g/mol. The lowest BCUT2D eigenvalue weighted by Crippen LogP contribution is -2.13. The zero-order valence-corrected chi connectivity index (χ0v) is 8.12. The molecule has 0 aliphatic rings. The Hall–Kier alpha value is -0.610. The first kappa shape index (κ1) is 9.48. The summed E-state index contributed by atoms with van der Waals surface area (Å²) >= 11 is 8.51. The first-order valence-electron chi connectivity index (χ1n) is 2.96. The second-order valence-electron chi connectivity index (χ2n) is 2.11. The van der Waals surface area contributed by atoms with Crippen molar-refractivity contribution < 1.29 is 9.18 Å². The Balaban J connectivity index is 3.37. The number of benzene rings is 1. The fourth-order valence-electron chi connectivity index (χ4n) is 0.735. The lowest BCUT2D eigenvalue weighted by molar-refractivity contribution is 0.0996. The highest BCUT2D eigenvalue weighted by Gasteiger charge is 2.12. The summed E-state index contributed by atoms with van der Waals surface area (Å²) in [4.78, 5) is 10.6. The molecule has 0 aliphatic carbocycles. The highest BCUT2D eigenvalue weighted by Crippen LogP contribution is 2.23. The third-order valence-electron chi connectivity index (χ3n) is 1.26. The fraction of sp³-hybridized carbons (Fsp3) is 0. The van der Waals surface area contributed by atoms with Gasteiger partial charge in [0.2, 0.25) is 0 Å². The van der Waals surface area contributed by atoms with Crippen molar-refractivity contribution >= 4 is 33.4 Å². The highest BCUT2D eigenvalue weighted by molar-refractivity contribution is 9.10. The van der Waals surface area contributed by atoms with Gasteiger partial charge < -0.3 is 5.73 Å². The number of nitrogens with two attached hydrogens (primary N) is 1. The first-order valence-corrected chi connectivity index (χ1v) is 4.14. The third-order valence-corrected chi connectivity index (χ3v) is 1.99. The molecule has 1 amide bonds. The van der Waals surface area contributed by atoms with Gasteiger partial charge in [0.05, 0.1) is 10.6 Å². The summed E-state index contributed by atoms with van der Waals surface area (Å²) in [6, 6.07) is 2.63. The Morgan fingerprint density at radius 3 is 2.67 bits per heavy atom. The van der Waals surface area contributed by atoms with Crippen LogP contribution < -0.4 is 5.73 Å². The molecular formula is C7H4BrClFNO. The van der Waals surface area contributed by atoms with Gasteiger partial charge >= 0.3 is 0 Å². The number of primary amides is 1. The minimum absolute atomic E-state index is 0.127. The predicted octanol–water partition coefficient (Wildman–Crippen LogP) is 2.34. The summed E-state index contributed by atoms with van der Waals surface area (Å²) in [6.07, 6.45) is 0. The van der Waals surface area contributed by atoms with Crippen molar-refractivity contribution in [2.45, 2.75) is 0 Å². The Bertz CT molecular complexity index is 342. The summed E-state index contributed by atoms with van der Waals surface area (Å²) in [5, 5.41) is -0.127. The van der Waals surface area contributed by atoms with E-state index in [1.807, 2.05) is 0 Å². The lowest BCUT2D eigenvalue weighted by atomic mass is 10.2. The molecule has 1 aromatic rings. The van der Waals surface area contributed by atoms with Gasteiger partial charge in [-0.25, -0.2) is 4.39 Å². The van der Waals surface area contributed by atoms with Gasteiger partial charge in [-0.2, -0.15) is 0 Å². The van der Waals surface area contributed by atoms with Gasteiger partial charge in [0.15, 0.2) is 5.82 Å². The Morgan fingerprint density at radius 1 is 1.58 bits per heavy atom. The van der Waals surface area contributed by atoms with Gasteiger partial charge in [0.25, 0.3) is 5.91 Å². The van der Waals surface area contributed by atoms with Gasteiger partial charge in [-0.15, -0.1) is 0 Å². The van der Waals surface area contributed by atoms with E-state index in [9.17, 15) is 9.18 Å². The van der Waals surface area contributed by atoms with Crippen LogP contribution in [0.3, 0.4) is 0 Å². The normalized spacial score (nSPS) is 9.92. The maximum absolute atomic E-state index is 13.0. The quantitative estimate of drug-likeness (QED) is 0.766. The minimum atomic E-state index is -0.837. The number of rotatable bonds is 1. The molecule has 2 nitrogen and oxygen atoms in total. The Kier molecular flexibility index (Phi) is 2.69. The molecule has 0 heterocycles. The van der Waals surface area contributed by atoms with Gasteiger partial charge in [-0.1, -0.05) is 27.5 Å². The summed E-state index contributed by atoms with van der Waals surface area (Å²) in [5.74, 6) is -1.62. The van der Waals surface area contributed by atoms with Crippen LogP contribution >= 0.6 is 27.5 Å². The molecule has 1 aromatic carbocycles. The molecule has 5 heteroatoms. The molecule has 0 saturated heterocycles. The summed E-state index contributed by atoms with van der Waals surface area (Å²) in [6.45, 7) is 0. The molecule has 64 valence electrons. The van der Waals surface area contributed by atoms with E-state index in [2.05, 4.69) is 15.9 Å². The number of carbonyl (C=O) groups is 1. The van der Waals surface area contributed by atoms with Crippen LogP contribution in [-0.4, -0.2) is 5.91 Å². The van der Waals surface area contributed by atoms with Crippen LogP contribution in [0.25, 0.3) is 0 Å². The van der Waals surface area contributed by atoms with Crippen LogP contribution in [0.15, 0.2) is 16.6 Å². The van der Waals surface area contributed by atoms with Crippen LogP contribution in [0.1, 0.15) is 10.4 Å². The maximum atomic E-state index is 13.0. The zero-order chi connectivity index (χ0) is 9.30. The molecule has 0 spiro atoms. The average Bonchev–Trinajstić information content (AvgIpc) is 1.96. The van der Waals surface area contributed by atoms with E-state index in [1.165, 1.54) is 12.1 Å². The first-order chi connectivity index (χ1) is 5.52. The predicted molar refractivity (Wildman–Crippen MR) is 47.6 cm³/mol. The number of amides is 1. The molecule has 0 fully saturated rings. The van der Waals surface area contributed by atoms with Crippen LogP contribution in [0.2, 0.25) is 5.02 Å². The van der Waals surface area contributed by atoms with Crippen molar-refractivity contribution in [1.29, 1.82) is 0 Å². The standard InChI is InChI=1S/C7H4BrClFNO/c8-3-1-4(7(11)12)6(10)5(9)2-3/h1-2H,(H2,11,12). The van der Waals surface area contributed by atoms with E-state index < -0.39 is 11.7 Å². The number of carbonyl (C=O) groups excluding carboxylic acids is 1. The van der Waals surface area contributed by atoms with E-state index in [-0.39, 0.29) is 10.6 Å². The van der Waals surface area contributed by atoms with E-state index in [0.717, 1.165) is 0 Å². The zero-order valence-electron chi connectivity index (χ0n) is 5.77. The van der Waals surface area contributed by atoms with E-state index in [4.69, 9.17) is 17.3 Å². The van der Waals surface area contributed by atoms with Crippen LogP contribution in [0, 0.1) is 5.82 Å². The van der Waals surface area contributed by atoms with Crippen LogP contribution in [-0.2, 0) is 0 Å². The molecular weight excluding hydrogens is 248 g/mol. The largest absolute Gasteiger partial charge is 0.366 e. The smallest absolute Gasteiger partial charge is 0.251 e. The van der Waals surface area contributed by atoms with Crippen molar-refractivity contribution in [3.63, 3.8) is 0 Å². The Morgan fingerprint density at radius 2 is 2.17 bits per heavy atom. The van der Waals surface area contributed by atoms with Crippen molar-refractivity contribution in [1.82, 2.24) is 0 Å². The molecule has 2 N–H and O–H groups in total. The summed E-state index contributed by atoms with van der Waals surface area (Å²) in [5.41, 5.74) is 4.68. The van der Waals surface area contributed by atoms with E-state index >= 15 is 0 Å². The summed E-state index contributed by atoms with van der Waals surface area (Å²) in [7, 11) is 0. The van der Waals surface area contributed by atoms with Crippen molar-refractivity contribution in [3.05, 3.63) is 33.0 Å². The van der Waals surface area contributed by atoms with Crippen molar-refractivity contribution in [2.24, 2.45) is 5.73 Å². The highest BCUT2D eigenvalue weighted by atomic mass is 79.9. The van der Waals surface area contributed by atoms with Crippen molar-refractivity contribution in [2.75, 3.05) is 0 Å². The number of hydrogen-bond acceptors (Lipinski definition) is 1. The molecule has 0 aliphatic heterocycles. The fourth-order valence-corrected chi connectivity index (χ4v) is 1.54. The number of hydrogen-bond donors (Lipinski definition) is 1. The van der Waals surface area contributed by atoms with Crippen LogP contribution in [0.5, 0.6) is 0 Å². The lowest BCUT2D eigenvalue weighted by Gasteiger charge is -2.00. The molecule has 12 heavy (non-hydrogen) atoms. The molecule has 0 saturated carbocycles. The second kappa shape index (κ2) is 3.41. The van der Waals surface area contributed by atoms with Crippen LogP contribution in [0.4, 0.5) is 4.39 Å². The van der Waals surface area contributed by atoms with Crippen molar-refractivity contribution in [3.8, 4) is 0 Å². The molecule has 0 unspecified atom stereocenters. The van der Waals surface area contributed by atoms with Gasteiger partial charge in [-0.05, 0) is 12.1 Å². The molecule has 0 aromatic heterocycles. The molecule has 0 radical (unpaired) electrons. The third kappa shape index (κ3) is 1.76. The summed E-state index contributed by atoms with van der Waals surface area (Å²) < 4.78 is 13.5. The molecule has 0 bridgehead atoms. The van der Waals surface area contributed by atoms with Gasteiger partial charge in [0, 0.05) is 4.47 Å². The van der Waals surface area contributed by atoms with Gasteiger partial charge in [-0.3, -0.25) is 4.79 Å². The molecule has 0 atom stereocenters. The number of halogens is 3. The minimum Gasteiger partial charge on any atom is -0.366 e. The van der Waals surface area contributed by atoms with E-state index in [1.54, 1.807) is 0 Å². The SMILES string of the molecule is NC(=O)c1cc(Br)cc(Cl)c1F. The average molecular weight is 252 g/mol. The van der Waals surface area contributed by atoms with E-state index in [0.29, 0.717) is 4.47 Å². The maximum Gasteiger partial charge on any atom is 0.251 e. The molecule has 1 rings (SSSR count). The Labute approximate surface area is 81.6 Å².